The fraction of sp³-hybridized carbons (Fsp3) is 0.615. The summed E-state index contributed by atoms with van der Waals surface area (Å²) in [5.41, 5.74) is 0.515. The Morgan fingerprint density at radius 2 is 2.44 bits per heavy atom. The van der Waals surface area contributed by atoms with Gasteiger partial charge in [-0.05, 0) is 32.9 Å². The van der Waals surface area contributed by atoms with E-state index in [0.717, 1.165) is 13.1 Å². The summed E-state index contributed by atoms with van der Waals surface area (Å²) < 4.78 is 0. The summed E-state index contributed by atoms with van der Waals surface area (Å²) in [7, 11) is 0. The van der Waals surface area contributed by atoms with Crippen LogP contribution in [-0.2, 0) is 0 Å². The number of rotatable bonds is 4. The number of likely N-dealkylation sites (tertiary alicyclic amines) is 1. The molecule has 5 nitrogen and oxygen atoms in total. The van der Waals surface area contributed by atoms with E-state index in [4.69, 9.17) is 5.26 Å². The number of anilines is 1. The maximum absolute atomic E-state index is 9.02. The minimum atomic E-state index is 0.515. The summed E-state index contributed by atoms with van der Waals surface area (Å²) >= 11 is 0. The molecule has 0 aliphatic carbocycles. The third-order valence-electron chi connectivity index (χ3n) is 3.44. The molecule has 0 spiro atoms. The summed E-state index contributed by atoms with van der Waals surface area (Å²) in [4.78, 5) is 10.8. The van der Waals surface area contributed by atoms with E-state index in [-0.39, 0.29) is 0 Å². The smallest absolute Gasteiger partial charge is 0.147 e. The quantitative estimate of drug-likeness (QED) is 0.872. The fourth-order valence-corrected chi connectivity index (χ4v) is 2.44. The lowest BCUT2D eigenvalue weighted by Crippen LogP contribution is -2.34. The molecule has 1 unspecified atom stereocenters. The Morgan fingerprint density at radius 3 is 3.17 bits per heavy atom. The van der Waals surface area contributed by atoms with E-state index in [1.54, 1.807) is 6.20 Å². The number of nitrogens with one attached hydrogen (secondary N) is 1. The van der Waals surface area contributed by atoms with Crippen LogP contribution in [0.25, 0.3) is 0 Å². The van der Waals surface area contributed by atoms with Crippen molar-refractivity contribution in [2.75, 3.05) is 25.0 Å². The van der Waals surface area contributed by atoms with Gasteiger partial charge in [0.15, 0.2) is 0 Å². The van der Waals surface area contributed by atoms with Crippen LogP contribution >= 0.6 is 0 Å². The van der Waals surface area contributed by atoms with Crippen LogP contribution in [0.3, 0.4) is 0 Å². The van der Waals surface area contributed by atoms with E-state index in [9.17, 15) is 0 Å². The molecule has 0 radical (unpaired) electrons. The van der Waals surface area contributed by atoms with Gasteiger partial charge in [-0.3, -0.25) is 4.90 Å². The Kier molecular flexibility index (Phi) is 4.11. The number of nitrogens with zero attached hydrogens (tertiary/aromatic N) is 4. The number of aromatic nitrogens is 2. The molecule has 0 amide bonds. The van der Waals surface area contributed by atoms with Crippen LogP contribution in [0, 0.1) is 18.3 Å². The number of nitriles is 1. The van der Waals surface area contributed by atoms with Crippen molar-refractivity contribution in [1.29, 1.82) is 5.26 Å². The minimum Gasteiger partial charge on any atom is -0.367 e. The van der Waals surface area contributed by atoms with E-state index < -0.39 is 0 Å². The highest BCUT2D eigenvalue weighted by atomic mass is 15.2. The van der Waals surface area contributed by atoms with Crippen molar-refractivity contribution in [3.8, 4) is 6.07 Å². The lowest BCUT2D eigenvalue weighted by molar-refractivity contribution is 0.277. The van der Waals surface area contributed by atoms with Crippen LogP contribution in [0.15, 0.2) is 6.20 Å². The van der Waals surface area contributed by atoms with Crippen molar-refractivity contribution in [3.05, 3.63) is 17.6 Å². The van der Waals surface area contributed by atoms with E-state index in [1.807, 2.05) is 6.92 Å². The standard InChI is InChI=1S/C13H19N5/c1-3-18-6-4-5-12(18)9-16-13-11(7-14)8-15-10(2)17-13/h8,12H,3-6,9H2,1-2H3,(H,15,16,17). The third kappa shape index (κ3) is 2.77. The van der Waals surface area contributed by atoms with Crippen molar-refractivity contribution in [2.24, 2.45) is 0 Å². The molecule has 1 aromatic rings. The van der Waals surface area contributed by atoms with Gasteiger partial charge in [0.25, 0.3) is 0 Å². The number of aryl methyl sites for hydroxylation is 1. The summed E-state index contributed by atoms with van der Waals surface area (Å²) in [6, 6.07) is 2.67. The van der Waals surface area contributed by atoms with E-state index in [1.165, 1.54) is 19.4 Å². The van der Waals surface area contributed by atoms with Crippen LogP contribution in [0.2, 0.25) is 0 Å². The SMILES string of the molecule is CCN1CCCC1CNc1nc(C)ncc1C#N. The molecule has 1 fully saturated rings. The average Bonchev–Trinajstić information content (AvgIpc) is 2.84. The van der Waals surface area contributed by atoms with Crippen LogP contribution in [0.5, 0.6) is 0 Å². The number of hydrogen-bond donors (Lipinski definition) is 1. The van der Waals surface area contributed by atoms with E-state index in [0.29, 0.717) is 23.2 Å². The Morgan fingerprint density at radius 1 is 1.61 bits per heavy atom. The van der Waals surface area contributed by atoms with Crippen molar-refractivity contribution in [1.82, 2.24) is 14.9 Å². The summed E-state index contributed by atoms with van der Waals surface area (Å²) in [6.07, 6.45) is 4.05. The molecule has 1 aromatic heterocycles. The zero-order chi connectivity index (χ0) is 13.0. The van der Waals surface area contributed by atoms with Crippen LogP contribution in [-0.4, -0.2) is 40.5 Å². The first kappa shape index (κ1) is 12.8. The second kappa shape index (κ2) is 5.78. The van der Waals surface area contributed by atoms with Gasteiger partial charge in [-0.15, -0.1) is 0 Å². The monoisotopic (exact) mass is 245 g/mol. The van der Waals surface area contributed by atoms with Gasteiger partial charge in [-0.2, -0.15) is 5.26 Å². The molecule has 2 heterocycles. The summed E-state index contributed by atoms with van der Waals surface area (Å²) in [6.45, 7) is 7.13. The number of likely N-dealkylation sites (N-methyl/N-ethyl adjacent to an activating group) is 1. The predicted octanol–water partition coefficient (Wildman–Crippen LogP) is 1.55. The Bertz CT molecular complexity index is 451. The maximum Gasteiger partial charge on any atom is 0.147 e. The molecule has 18 heavy (non-hydrogen) atoms. The Hall–Kier alpha value is -1.67. The second-order valence-corrected chi connectivity index (χ2v) is 4.60. The molecule has 1 saturated heterocycles. The first-order valence-electron chi connectivity index (χ1n) is 6.46. The van der Waals surface area contributed by atoms with Gasteiger partial charge in [0.1, 0.15) is 23.3 Å². The van der Waals surface area contributed by atoms with Gasteiger partial charge in [0.05, 0.1) is 6.20 Å². The topological polar surface area (TPSA) is 64.8 Å². The molecule has 2 rings (SSSR count). The molecule has 0 bridgehead atoms. The van der Waals surface area contributed by atoms with Gasteiger partial charge in [0, 0.05) is 12.6 Å². The van der Waals surface area contributed by atoms with Gasteiger partial charge >= 0.3 is 0 Å². The summed E-state index contributed by atoms with van der Waals surface area (Å²) in [5, 5.41) is 12.3. The predicted molar refractivity (Wildman–Crippen MR) is 70.2 cm³/mol. The summed E-state index contributed by atoms with van der Waals surface area (Å²) in [5.74, 6) is 1.35. The second-order valence-electron chi connectivity index (χ2n) is 4.60. The van der Waals surface area contributed by atoms with Crippen molar-refractivity contribution in [3.63, 3.8) is 0 Å². The van der Waals surface area contributed by atoms with Crippen LogP contribution < -0.4 is 5.32 Å². The highest BCUT2D eigenvalue weighted by Crippen LogP contribution is 2.18. The lowest BCUT2D eigenvalue weighted by atomic mass is 10.2. The normalized spacial score (nSPS) is 19.7. The molecule has 0 aromatic carbocycles. The molecular formula is C13H19N5. The van der Waals surface area contributed by atoms with Crippen LogP contribution in [0.1, 0.15) is 31.2 Å². The zero-order valence-corrected chi connectivity index (χ0v) is 11.0. The first-order valence-corrected chi connectivity index (χ1v) is 6.46. The molecule has 1 atom stereocenters. The van der Waals surface area contributed by atoms with E-state index >= 15 is 0 Å². The van der Waals surface area contributed by atoms with Gasteiger partial charge < -0.3 is 5.32 Å². The van der Waals surface area contributed by atoms with Crippen LogP contribution in [0.4, 0.5) is 5.82 Å². The highest BCUT2D eigenvalue weighted by Gasteiger charge is 2.22. The van der Waals surface area contributed by atoms with Crippen molar-refractivity contribution >= 4 is 5.82 Å². The largest absolute Gasteiger partial charge is 0.367 e. The Balaban J connectivity index is 2.02. The average molecular weight is 245 g/mol. The van der Waals surface area contributed by atoms with Crippen molar-refractivity contribution < 1.29 is 0 Å². The molecule has 1 N–H and O–H groups in total. The molecular weight excluding hydrogens is 226 g/mol. The van der Waals surface area contributed by atoms with Crippen molar-refractivity contribution in [2.45, 2.75) is 32.7 Å². The molecule has 1 aliphatic rings. The Labute approximate surface area is 108 Å². The maximum atomic E-state index is 9.02. The lowest BCUT2D eigenvalue weighted by Gasteiger charge is -2.23. The van der Waals surface area contributed by atoms with Gasteiger partial charge in [-0.1, -0.05) is 6.92 Å². The molecule has 1 aliphatic heterocycles. The first-order chi connectivity index (χ1) is 8.74. The minimum absolute atomic E-state index is 0.515. The molecule has 0 saturated carbocycles. The highest BCUT2D eigenvalue weighted by molar-refractivity contribution is 5.50. The van der Waals surface area contributed by atoms with Gasteiger partial charge in [-0.25, -0.2) is 9.97 Å². The fourth-order valence-electron chi connectivity index (χ4n) is 2.44. The molecule has 5 heteroatoms. The van der Waals surface area contributed by atoms with E-state index in [2.05, 4.69) is 33.2 Å². The van der Waals surface area contributed by atoms with Gasteiger partial charge in [0.2, 0.25) is 0 Å². The zero-order valence-electron chi connectivity index (χ0n) is 11.0. The number of hydrogen-bond acceptors (Lipinski definition) is 5. The third-order valence-corrected chi connectivity index (χ3v) is 3.44. The molecule has 96 valence electrons.